The SMILES string of the molecule is CCN1C(=O)N/C(=C/c2ccc(O)c(Br)c2)C1=O. The average Bonchev–Trinajstić information content (AvgIpc) is 2.59. The number of aromatic hydroxyl groups is 1. The normalized spacial score (nSPS) is 17.4. The molecule has 0 spiro atoms. The Hall–Kier alpha value is -1.82. The summed E-state index contributed by atoms with van der Waals surface area (Å²) in [5, 5.41) is 11.9. The number of halogens is 1. The van der Waals surface area contributed by atoms with Crippen LogP contribution in [0, 0.1) is 0 Å². The second-order valence-corrected chi connectivity index (χ2v) is 4.60. The Bertz CT molecular complexity index is 554. The van der Waals surface area contributed by atoms with Crippen LogP contribution in [-0.2, 0) is 4.79 Å². The topological polar surface area (TPSA) is 69.6 Å². The van der Waals surface area contributed by atoms with E-state index in [9.17, 15) is 14.7 Å². The Morgan fingerprint density at radius 2 is 2.17 bits per heavy atom. The van der Waals surface area contributed by atoms with Gasteiger partial charge in [0.1, 0.15) is 11.4 Å². The van der Waals surface area contributed by atoms with E-state index in [0.29, 0.717) is 16.6 Å². The average molecular weight is 311 g/mol. The fraction of sp³-hybridized carbons (Fsp3) is 0.167. The van der Waals surface area contributed by atoms with Gasteiger partial charge in [-0.3, -0.25) is 9.69 Å². The number of likely N-dealkylation sites (N-methyl/N-ethyl adjacent to an activating group) is 1. The second-order valence-electron chi connectivity index (χ2n) is 3.75. The molecule has 1 fully saturated rings. The fourth-order valence-electron chi connectivity index (χ4n) is 1.64. The van der Waals surface area contributed by atoms with Gasteiger partial charge < -0.3 is 10.4 Å². The van der Waals surface area contributed by atoms with Gasteiger partial charge in [-0.25, -0.2) is 4.79 Å². The van der Waals surface area contributed by atoms with Gasteiger partial charge in [-0.15, -0.1) is 0 Å². The predicted molar refractivity (Wildman–Crippen MR) is 69.7 cm³/mol. The molecule has 18 heavy (non-hydrogen) atoms. The van der Waals surface area contributed by atoms with Gasteiger partial charge in [0.05, 0.1) is 4.47 Å². The van der Waals surface area contributed by atoms with Gasteiger partial charge in [0.15, 0.2) is 0 Å². The highest BCUT2D eigenvalue weighted by molar-refractivity contribution is 9.10. The number of benzene rings is 1. The second kappa shape index (κ2) is 4.81. The van der Waals surface area contributed by atoms with Crippen LogP contribution in [0.4, 0.5) is 4.79 Å². The summed E-state index contributed by atoms with van der Waals surface area (Å²) in [5.41, 5.74) is 0.945. The van der Waals surface area contributed by atoms with Crippen molar-refractivity contribution in [1.29, 1.82) is 0 Å². The molecule has 1 heterocycles. The predicted octanol–water partition coefficient (Wildman–Crippen LogP) is 2.07. The number of rotatable bonds is 2. The molecular weight excluding hydrogens is 300 g/mol. The lowest BCUT2D eigenvalue weighted by atomic mass is 10.2. The lowest BCUT2D eigenvalue weighted by Crippen LogP contribution is -2.30. The molecule has 3 amide bonds. The molecule has 1 aliphatic rings. The quantitative estimate of drug-likeness (QED) is 0.649. The molecule has 0 atom stereocenters. The number of imide groups is 1. The van der Waals surface area contributed by atoms with Crippen LogP contribution >= 0.6 is 15.9 Å². The summed E-state index contributed by atoms with van der Waals surface area (Å²) in [7, 11) is 0. The van der Waals surface area contributed by atoms with Crippen molar-refractivity contribution in [3.05, 3.63) is 33.9 Å². The minimum Gasteiger partial charge on any atom is -0.507 e. The molecule has 0 aliphatic carbocycles. The van der Waals surface area contributed by atoms with Crippen molar-refractivity contribution in [3.63, 3.8) is 0 Å². The maximum atomic E-state index is 11.8. The number of carbonyl (C=O) groups excluding carboxylic acids is 2. The van der Waals surface area contributed by atoms with Gasteiger partial charge >= 0.3 is 6.03 Å². The molecule has 0 aromatic heterocycles. The molecule has 5 nitrogen and oxygen atoms in total. The first-order chi connectivity index (χ1) is 8.52. The number of carbonyl (C=O) groups is 2. The molecular formula is C12H11BrN2O3. The molecule has 1 aromatic rings. The summed E-state index contributed by atoms with van der Waals surface area (Å²) in [6.07, 6.45) is 1.57. The summed E-state index contributed by atoms with van der Waals surface area (Å²) in [6.45, 7) is 2.07. The summed E-state index contributed by atoms with van der Waals surface area (Å²) in [5.74, 6) is -0.221. The highest BCUT2D eigenvalue weighted by Crippen LogP contribution is 2.25. The van der Waals surface area contributed by atoms with Crippen LogP contribution in [0.25, 0.3) is 6.08 Å². The molecule has 0 unspecified atom stereocenters. The number of hydrogen-bond donors (Lipinski definition) is 2. The Balaban J connectivity index is 2.32. The van der Waals surface area contributed by atoms with Crippen molar-refractivity contribution >= 4 is 33.9 Å². The Morgan fingerprint density at radius 3 is 2.72 bits per heavy atom. The van der Waals surface area contributed by atoms with Crippen molar-refractivity contribution < 1.29 is 14.7 Å². The molecule has 0 saturated carbocycles. The minimum atomic E-state index is -0.411. The zero-order chi connectivity index (χ0) is 13.3. The number of nitrogens with one attached hydrogen (secondary N) is 1. The molecule has 2 rings (SSSR count). The van der Waals surface area contributed by atoms with Gasteiger partial charge in [-0.2, -0.15) is 0 Å². The molecule has 0 bridgehead atoms. The van der Waals surface area contributed by atoms with Crippen LogP contribution in [0.15, 0.2) is 28.4 Å². The van der Waals surface area contributed by atoms with E-state index < -0.39 is 6.03 Å². The van der Waals surface area contributed by atoms with Gasteiger partial charge in [0.25, 0.3) is 5.91 Å². The van der Waals surface area contributed by atoms with Crippen molar-refractivity contribution in [3.8, 4) is 5.75 Å². The van der Waals surface area contributed by atoms with E-state index in [1.165, 1.54) is 6.07 Å². The third-order valence-corrected chi connectivity index (χ3v) is 3.20. The molecule has 2 N–H and O–H groups in total. The van der Waals surface area contributed by atoms with E-state index in [1.807, 2.05) is 0 Å². The molecule has 1 aliphatic heterocycles. The van der Waals surface area contributed by atoms with E-state index in [-0.39, 0.29) is 17.4 Å². The molecule has 1 aromatic carbocycles. The third kappa shape index (κ3) is 2.24. The van der Waals surface area contributed by atoms with E-state index >= 15 is 0 Å². The Labute approximate surface area is 112 Å². The first-order valence-electron chi connectivity index (χ1n) is 5.36. The Kier molecular flexibility index (Phi) is 3.38. The number of phenols is 1. The zero-order valence-electron chi connectivity index (χ0n) is 9.61. The first kappa shape index (κ1) is 12.6. The molecule has 6 heteroatoms. The van der Waals surface area contributed by atoms with Gasteiger partial charge in [0, 0.05) is 6.54 Å². The number of hydrogen-bond acceptors (Lipinski definition) is 3. The van der Waals surface area contributed by atoms with Gasteiger partial charge in [-0.05, 0) is 46.6 Å². The summed E-state index contributed by atoms with van der Waals surface area (Å²) >= 11 is 3.19. The fourth-order valence-corrected chi connectivity index (χ4v) is 2.03. The Morgan fingerprint density at radius 1 is 1.44 bits per heavy atom. The lowest BCUT2D eigenvalue weighted by Gasteiger charge is -2.06. The van der Waals surface area contributed by atoms with Crippen LogP contribution in [0.3, 0.4) is 0 Å². The maximum absolute atomic E-state index is 11.8. The van der Waals surface area contributed by atoms with Crippen molar-refractivity contribution in [1.82, 2.24) is 10.2 Å². The third-order valence-electron chi connectivity index (χ3n) is 2.56. The minimum absolute atomic E-state index is 0.120. The number of phenolic OH excluding ortho intramolecular Hbond substituents is 1. The van der Waals surface area contributed by atoms with Crippen LogP contribution in [0.1, 0.15) is 12.5 Å². The summed E-state index contributed by atoms with van der Waals surface area (Å²) in [4.78, 5) is 24.4. The maximum Gasteiger partial charge on any atom is 0.328 e. The standard InChI is InChI=1S/C12H11BrN2O3/c1-2-15-11(17)9(14-12(15)18)6-7-3-4-10(16)8(13)5-7/h3-6,16H,2H2,1H3,(H,14,18)/b9-6+. The molecule has 94 valence electrons. The molecule has 0 radical (unpaired) electrons. The highest BCUT2D eigenvalue weighted by Gasteiger charge is 2.31. The summed E-state index contributed by atoms with van der Waals surface area (Å²) < 4.78 is 0.529. The van der Waals surface area contributed by atoms with Crippen molar-refractivity contribution in [2.45, 2.75) is 6.92 Å². The number of urea groups is 1. The summed E-state index contributed by atoms with van der Waals surface area (Å²) in [6, 6.07) is 4.42. The lowest BCUT2D eigenvalue weighted by molar-refractivity contribution is -0.122. The highest BCUT2D eigenvalue weighted by atomic mass is 79.9. The van der Waals surface area contributed by atoms with Crippen LogP contribution in [-0.4, -0.2) is 28.5 Å². The van der Waals surface area contributed by atoms with Crippen molar-refractivity contribution in [2.24, 2.45) is 0 Å². The largest absolute Gasteiger partial charge is 0.507 e. The van der Waals surface area contributed by atoms with Crippen LogP contribution < -0.4 is 5.32 Å². The van der Waals surface area contributed by atoms with E-state index in [0.717, 1.165) is 4.90 Å². The van der Waals surface area contributed by atoms with E-state index in [2.05, 4.69) is 21.2 Å². The number of amides is 3. The smallest absolute Gasteiger partial charge is 0.328 e. The van der Waals surface area contributed by atoms with E-state index in [4.69, 9.17) is 0 Å². The van der Waals surface area contributed by atoms with Crippen LogP contribution in [0.2, 0.25) is 0 Å². The zero-order valence-corrected chi connectivity index (χ0v) is 11.2. The number of nitrogens with zero attached hydrogens (tertiary/aromatic N) is 1. The monoisotopic (exact) mass is 310 g/mol. The van der Waals surface area contributed by atoms with Gasteiger partial charge in [-0.1, -0.05) is 6.07 Å². The first-order valence-corrected chi connectivity index (χ1v) is 6.15. The van der Waals surface area contributed by atoms with Crippen LogP contribution in [0.5, 0.6) is 5.75 Å². The van der Waals surface area contributed by atoms with E-state index in [1.54, 1.807) is 25.1 Å². The van der Waals surface area contributed by atoms with Gasteiger partial charge in [0.2, 0.25) is 0 Å². The van der Waals surface area contributed by atoms with Crippen molar-refractivity contribution in [2.75, 3.05) is 6.54 Å². The molecule has 1 saturated heterocycles.